The monoisotopic (exact) mass is 553 g/mol. The number of carbonyl (C=O) groups excluding carboxylic acids is 1. The van der Waals surface area contributed by atoms with Gasteiger partial charge in [-0.05, 0) is 57.9 Å². The highest BCUT2D eigenvalue weighted by Crippen LogP contribution is 2.45. The van der Waals surface area contributed by atoms with Gasteiger partial charge in [0.05, 0.1) is 25.8 Å². The lowest BCUT2D eigenvalue weighted by molar-refractivity contribution is 0.102. The van der Waals surface area contributed by atoms with E-state index in [9.17, 15) is 4.79 Å². The third-order valence-electron chi connectivity index (χ3n) is 3.97. The van der Waals surface area contributed by atoms with Crippen molar-refractivity contribution in [1.29, 1.82) is 0 Å². The molecule has 2 aromatic carbocycles. The van der Waals surface area contributed by atoms with Gasteiger partial charge in [-0.3, -0.25) is 10.1 Å². The molecular formula is C20H17Br2N3O4S. The van der Waals surface area contributed by atoms with E-state index in [0.717, 1.165) is 10.0 Å². The standard InChI is InChI=1S/C20H17Br2N3O4S/c1-27-14-10-12(16(22)18(29-3)17(14)28-2)6-9-15-24-25-20(30-15)23-19(26)11-4-7-13(21)8-5-11/h4-10H,1-3H3,(H,23,25,26)/b9-6+. The van der Waals surface area contributed by atoms with E-state index in [4.69, 9.17) is 14.2 Å². The van der Waals surface area contributed by atoms with Gasteiger partial charge in [0.25, 0.3) is 5.91 Å². The van der Waals surface area contributed by atoms with E-state index in [0.29, 0.717) is 37.4 Å². The van der Waals surface area contributed by atoms with Crippen molar-refractivity contribution in [3.8, 4) is 17.2 Å². The Balaban J connectivity index is 1.79. The molecule has 1 heterocycles. The zero-order chi connectivity index (χ0) is 21.7. The summed E-state index contributed by atoms with van der Waals surface area (Å²) in [5.74, 6) is 1.31. The maximum Gasteiger partial charge on any atom is 0.257 e. The Labute approximate surface area is 194 Å². The maximum absolute atomic E-state index is 12.3. The Hall–Kier alpha value is -2.43. The van der Waals surface area contributed by atoms with Crippen LogP contribution in [0.4, 0.5) is 5.13 Å². The highest BCUT2D eigenvalue weighted by molar-refractivity contribution is 9.10. The maximum atomic E-state index is 12.3. The average Bonchev–Trinajstić information content (AvgIpc) is 3.20. The lowest BCUT2D eigenvalue weighted by atomic mass is 10.1. The van der Waals surface area contributed by atoms with E-state index in [1.807, 2.05) is 12.1 Å². The molecule has 0 aliphatic heterocycles. The quantitative estimate of drug-likeness (QED) is 0.414. The molecule has 3 aromatic rings. The molecule has 0 aliphatic rings. The molecule has 1 N–H and O–H groups in total. The van der Waals surface area contributed by atoms with Crippen molar-refractivity contribution in [3.05, 3.63) is 55.4 Å². The van der Waals surface area contributed by atoms with Crippen LogP contribution in [0.2, 0.25) is 0 Å². The molecule has 10 heteroatoms. The first kappa shape index (κ1) is 22.3. The fourth-order valence-corrected chi connectivity index (χ4v) is 4.04. The summed E-state index contributed by atoms with van der Waals surface area (Å²) in [6, 6.07) is 8.88. The Morgan fingerprint density at radius 3 is 2.33 bits per heavy atom. The third kappa shape index (κ3) is 5.00. The largest absolute Gasteiger partial charge is 0.493 e. The van der Waals surface area contributed by atoms with Crippen LogP contribution in [0.15, 0.2) is 39.3 Å². The second kappa shape index (κ2) is 10.1. The SMILES string of the molecule is COc1cc(/C=C/c2nnc(NC(=O)c3ccc(Br)cc3)s2)c(Br)c(OC)c1OC. The second-order valence-corrected chi connectivity index (χ2v) is 8.51. The van der Waals surface area contributed by atoms with Crippen LogP contribution in [0, 0.1) is 0 Å². The van der Waals surface area contributed by atoms with E-state index in [-0.39, 0.29) is 5.91 Å². The van der Waals surface area contributed by atoms with Crippen molar-refractivity contribution in [2.24, 2.45) is 0 Å². The normalized spacial score (nSPS) is 10.8. The van der Waals surface area contributed by atoms with Crippen LogP contribution >= 0.6 is 43.2 Å². The zero-order valence-corrected chi connectivity index (χ0v) is 20.2. The van der Waals surface area contributed by atoms with E-state index < -0.39 is 0 Å². The number of rotatable bonds is 7. The number of halogens is 2. The molecule has 3 rings (SSSR count). The van der Waals surface area contributed by atoms with Crippen LogP contribution in [0.1, 0.15) is 20.9 Å². The van der Waals surface area contributed by atoms with Gasteiger partial charge in [0.1, 0.15) is 5.01 Å². The van der Waals surface area contributed by atoms with E-state index in [1.165, 1.54) is 11.3 Å². The molecule has 0 bridgehead atoms. The number of nitrogens with zero attached hydrogens (tertiary/aromatic N) is 2. The molecule has 1 amide bonds. The van der Waals surface area contributed by atoms with E-state index >= 15 is 0 Å². The van der Waals surface area contributed by atoms with Crippen molar-refractivity contribution in [1.82, 2.24) is 10.2 Å². The van der Waals surface area contributed by atoms with Crippen LogP contribution in [0.3, 0.4) is 0 Å². The summed E-state index contributed by atoms with van der Waals surface area (Å²) in [6.45, 7) is 0. The molecule has 156 valence electrons. The minimum absolute atomic E-state index is 0.249. The Kier molecular flexibility index (Phi) is 7.46. The van der Waals surface area contributed by atoms with Crippen LogP contribution in [-0.2, 0) is 0 Å². The first-order valence-electron chi connectivity index (χ1n) is 8.53. The van der Waals surface area contributed by atoms with Crippen LogP contribution in [0.25, 0.3) is 12.2 Å². The summed E-state index contributed by atoms with van der Waals surface area (Å²) >= 11 is 8.14. The topological polar surface area (TPSA) is 82.6 Å². The summed E-state index contributed by atoms with van der Waals surface area (Å²) in [6.07, 6.45) is 3.63. The number of methoxy groups -OCH3 is 3. The molecule has 0 saturated carbocycles. The number of aromatic nitrogens is 2. The summed E-state index contributed by atoms with van der Waals surface area (Å²) in [4.78, 5) is 12.3. The lowest BCUT2D eigenvalue weighted by Crippen LogP contribution is -2.11. The first-order chi connectivity index (χ1) is 14.5. The predicted molar refractivity (Wildman–Crippen MR) is 125 cm³/mol. The van der Waals surface area contributed by atoms with Crippen LogP contribution in [-0.4, -0.2) is 37.4 Å². The molecular weight excluding hydrogens is 538 g/mol. The number of nitrogens with one attached hydrogen (secondary N) is 1. The Morgan fingerprint density at radius 1 is 1.00 bits per heavy atom. The predicted octanol–water partition coefficient (Wildman–Crippen LogP) is 5.51. The third-order valence-corrected chi connectivity index (χ3v) is 6.12. The molecule has 0 atom stereocenters. The zero-order valence-electron chi connectivity index (χ0n) is 16.2. The van der Waals surface area contributed by atoms with Crippen molar-refractivity contribution in [2.75, 3.05) is 26.6 Å². The van der Waals surface area contributed by atoms with Gasteiger partial charge in [-0.1, -0.05) is 33.3 Å². The fraction of sp³-hybridized carbons (Fsp3) is 0.150. The molecule has 0 spiro atoms. The Morgan fingerprint density at radius 2 is 1.70 bits per heavy atom. The van der Waals surface area contributed by atoms with Crippen LogP contribution in [0.5, 0.6) is 17.2 Å². The molecule has 0 saturated heterocycles. The molecule has 0 fully saturated rings. The summed E-state index contributed by atoms with van der Waals surface area (Å²) in [5.41, 5.74) is 1.34. The molecule has 7 nitrogen and oxygen atoms in total. The van der Waals surface area contributed by atoms with Crippen molar-refractivity contribution < 1.29 is 19.0 Å². The summed E-state index contributed by atoms with van der Waals surface area (Å²) < 4.78 is 17.8. The van der Waals surface area contributed by atoms with Crippen molar-refractivity contribution in [3.63, 3.8) is 0 Å². The minimum Gasteiger partial charge on any atom is -0.493 e. The highest BCUT2D eigenvalue weighted by atomic mass is 79.9. The highest BCUT2D eigenvalue weighted by Gasteiger charge is 2.18. The van der Waals surface area contributed by atoms with Crippen LogP contribution < -0.4 is 19.5 Å². The van der Waals surface area contributed by atoms with Gasteiger partial charge in [0.15, 0.2) is 11.5 Å². The number of amides is 1. The average molecular weight is 555 g/mol. The first-order valence-corrected chi connectivity index (χ1v) is 10.9. The molecule has 1 aromatic heterocycles. The molecule has 0 unspecified atom stereocenters. The van der Waals surface area contributed by atoms with Crippen molar-refractivity contribution >= 4 is 66.4 Å². The fourth-order valence-electron chi connectivity index (χ4n) is 2.55. The number of hydrogen-bond acceptors (Lipinski definition) is 7. The molecule has 0 radical (unpaired) electrons. The number of carbonyl (C=O) groups is 1. The number of benzene rings is 2. The van der Waals surface area contributed by atoms with Crippen molar-refractivity contribution in [2.45, 2.75) is 0 Å². The van der Waals surface area contributed by atoms with Gasteiger partial charge in [-0.15, -0.1) is 10.2 Å². The van der Waals surface area contributed by atoms with E-state index in [1.54, 1.807) is 51.7 Å². The summed E-state index contributed by atoms with van der Waals surface area (Å²) in [5, 5.41) is 11.9. The molecule has 30 heavy (non-hydrogen) atoms. The second-order valence-electron chi connectivity index (χ2n) is 5.79. The number of hydrogen-bond donors (Lipinski definition) is 1. The lowest BCUT2D eigenvalue weighted by Gasteiger charge is -2.15. The van der Waals surface area contributed by atoms with E-state index in [2.05, 4.69) is 47.4 Å². The smallest absolute Gasteiger partial charge is 0.257 e. The van der Waals surface area contributed by atoms with Gasteiger partial charge in [0.2, 0.25) is 10.9 Å². The number of anilines is 1. The van der Waals surface area contributed by atoms with Gasteiger partial charge >= 0.3 is 0 Å². The minimum atomic E-state index is -0.249. The Bertz CT molecular complexity index is 1080. The summed E-state index contributed by atoms with van der Waals surface area (Å²) in [7, 11) is 4.66. The van der Waals surface area contributed by atoms with Gasteiger partial charge in [0, 0.05) is 10.0 Å². The molecule has 0 aliphatic carbocycles. The number of ether oxygens (including phenoxy) is 3. The van der Waals surface area contributed by atoms with Gasteiger partial charge < -0.3 is 14.2 Å². The van der Waals surface area contributed by atoms with Gasteiger partial charge in [-0.25, -0.2) is 0 Å². The van der Waals surface area contributed by atoms with Gasteiger partial charge in [-0.2, -0.15) is 0 Å².